The van der Waals surface area contributed by atoms with Crippen LogP contribution in [0, 0.1) is 0 Å². The van der Waals surface area contributed by atoms with Crippen LogP contribution in [-0.2, 0) is 17.6 Å². The van der Waals surface area contributed by atoms with Gasteiger partial charge in [-0.05, 0) is 42.2 Å². The van der Waals surface area contributed by atoms with Crippen LogP contribution in [0.3, 0.4) is 0 Å². The van der Waals surface area contributed by atoms with Crippen molar-refractivity contribution in [3.63, 3.8) is 0 Å². The van der Waals surface area contributed by atoms with Gasteiger partial charge in [0.15, 0.2) is 0 Å². The molecule has 1 aliphatic heterocycles. The SMILES string of the molecule is O=C(CCc1ccccc1Oc1ccccc1)N1CCNC[C@H]1Cc1ccccc1. The number of rotatable bonds is 7. The normalized spacial score (nSPS) is 16.3. The number of aryl methyl sites for hydroxylation is 1. The van der Waals surface area contributed by atoms with Crippen LogP contribution >= 0.6 is 0 Å². The molecule has 0 aliphatic carbocycles. The summed E-state index contributed by atoms with van der Waals surface area (Å²) < 4.78 is 6.05. The lowest BCUT2D eigenvalue weighted by molar-refractivity contribution is -0.134. The third-order valence-corrected chi connectivity index (χ3v) is 5.54. The molecule has 0 saturated carbocycles. The Hall–Kier alpha value is -3.11. The molecule has 0 bridgehead atoms. The average molecular weight is 401 g/mol. The number of ether oxygens (including phenoxy) is 1. The number of hydrogen-bond acceptors (Lipinski definition) is 3. The number of benzene rings is 3. The Labute approximate surface area is 178 Å². The van der Waals surface area contributed by atoms with E-state index in [2.05, 4.69) is 34.5 Å². The first-order chi connectivity index (χ1) is 14.8. The number of nitrogens with zero attached hydrogens (tertiary/aromatic N) is 1. The summed E-state index contributed by atoms with van der Waals surface area (Å²) in [4.78, 5) is 15.2. The van der Waals surface area contributed by atoms with Crippen LogP contribution in [0.5, 0.6) is 11.5 Å². The smallest absolute Gasteiger partial charge is 0.223 e. The highest BCUT2D eigenvalue weighted by Crippen LogP contribution is 2.26. The van der Waals surface area contributed by atoms with Gasteiger partial charge in [-0.3, -0.25) is 4.79 Å². The Morgan fingerprint density at radius 3 is 2.43 bits per heavy atom. The number of amides is 1. The lowest BCUT2D eigenvalue weighted by Gasteiger charge is -2.36. The molecule has 1 atom stereocenters. The highest BCUT2D eigenvalue weighted by Gasteiger charge is 2.26. The van der Waals surface area contributed by atoms with E-state index in [0.717, 1.165) is 43.1 Å². The van der Waals surface area contributed by atoms with E-state index in [0.29, 0.717) is 12.8 Å². The largest absolute Gasteiger partial charge is 0.457 e. The van der Waals surface area contributed by atoms with Gasteiger partial charge in [0.05, 0.1) is 0 Å². The van der Waals surface area contributed by atoms with Crippen molar-refractivity contribution in [2.75, 3.05) is 19.6 Å². The van der Waals surface area contributed by atoms with Gasteiger partial charge in [-0.25, -0.2) is 0 Å². The summed E-state index contributed by atoms with van der Waals surface area (Å²) in [5, 5.41) is 3.44. The number of para-hydroxylation sites is 2. The second kappa shape index (κ2) is 10.1. The summed E-state index contributed by atoms with van der Waals surface area (Å²) in [5.74, 6) is 1.84. The fourth-order valence-electron chi connectivity index (χ4n) is 3.97. The molecule has 3 aromatic carbocycles. The summed E-state index contributed by atoms with van der Waals surface area (Å²) in [6, 6.07) is 28.4. The van der Waals surface area contributed by atoms with Crippen molar-refractivity contribution in [3.8, 4) is 11.5 Å². The van der Waals surface area contributed by atoms with E-state index in [9.17, 15) is 4.79 Å². The van der Waals surface area contributed by atoms with Crippen LogP contribution in [0.2, 0.25) is 0 Å². The van der Waals surface area contributed by atoms with E-state index in [1.54, 1.807) is 0 Å². The first kappa shape index (κ1) is 20.2. The molecular weight excluding hydrogens is 372 g/mol. The molecule has 4 nitrogen and oxygen atoms in total. The molecular formula is C26H28N2O2. The third-order valence-electron chi connectivity index (χ3n) is 5.54. The van der Waals surface area contributed by atoms with E-state index < -0.39 is 0 Å². The highest BCUT2D eigenvalue weighted by molar-refractivity contribution is 5.77. The summed E-state index contributed by atoms with van der Waals surface area (Å²) in [5.41, 5.74) is 2.33. The predicted molar refractivity (Wildman–Crippen MR) is 120 cm³/mol. The molecule has 154 valence electrons. The number of hydrogen-bond donors (Lipinski definition) is 1. The van der Waals surface area contributed by atoms with Gasteiger partial charge in [0, 0.05) is 32.1 Å². The first-order valence-corrected chi connectivity index (χ1v) is 10.6. The second-order valence-electron chi connectivity index (χ2n) is 7.66. The monoisotopic (exact) mass is 400 g/mol. The summed E-state index contributed by atoms with van der Waals surface area (Å²) >= 11 is 0. The number of carbonyl (C=O) groups excluding carboxylic acids is 1. The molecule has 4 heteroatoms. The van der Waals surface area contributed by atoms with Crippen LogP contribution in [0.1, 0.15) is 17.5 Å². The minimum Gasteiger partial charge on any atom is -0.457 e. The molecule has 1 aliphatic rings. The van der Waals surface area contributed by atoms with Gasteiger partial charge < -0.3 is 15.0 Å². The van der Waals surface area contributed by atoms with Crippen molar-refractivity contribution < 1.29 is 9.53 Å². The predicted octanol–water partition coefficient (Wildman–Crippen LogP) is 4.45. The zero-order valence-corrected chi connectivity index (χ0v) is 17.2. The van der Waals surface area contributed by atoms with Crippen LogP contribution in [-0.4, -0.2) is 36.5 Å². The van der Waals surface area contributed by atoms with Gasteiger partial charge in [-0.15, -0.1) is 0 Å². The summed E-state index contributed by atoms with van der Waals surface area (Å²) in [6.45, 7) is 2.46. The minimum atomic E-state index is 0.199. The van der Waals surface area contributed by atoms with Crippen LogP contribution in [0.4, 0.5) is 0 Å². The number of nitrogens with one attached hydrogen (secondary N) is 1. The van der Waals surface area contributed by atoms with Gasteiger partial charge in [0.2, 0.25) is 5.91 Å². The maximum absolute atomic E-state index is 13.1. The van der Waals surface area contributed by atoms with Crippen molar-refractivity contribution in [2.45, 2.75) is 25.3 Å². The second-order valence-corrected chi connectivity index (χ2v) is 7.66. The van der Waals surface area contributed by atoms with Crippen molar-refractivity contribution in [3.05, 3.63) is 96.1 Å². The molecule has 1 fully saturated rings. The molecule has 0 spiro atoms. The Morgan fingerprint density at radius 2 is 1.63 bits per heavy atom. The van der Waals surface area contributed by atoms with Crippen LogP contribution in [0.15, 0.2) is 84.9 Å². The zero-order chi connectivity index (χ0) is 20.6. The minimum absolute atomic E-state index is 0.199. The first-order valence-electron chi connectivity index (χ1n) is 10.6. The standard InChI is InChI=1S/C26H28N2O2/c29-26(28-18-17-27-20-23(28)19-21-9-3-1-4-10-21)16-15-22-11-7-8-14-25(22)30-24-12-5-2-6-13-24/h1-14,23,27H,15-20H2/t23-/m1/s1. The lowest BCUT2D eigenvalue weighted by Crippen LogP contribution is -2.54. The zero-order valence-electron chi connectivity index (χ0n) is 17.2. The lowest BCUT2D eigenvalue weighted by atomic mass is 10.0. The maximum Gasteiger partial charge on any atom is 0.223 e. The van der Waals surface area contributed by atoms with Crippen molar-refractivity contribution in [2.24, 2.45) is 0 Å². The molecule has 1 heterocycles. The molecule has 4 rings (SSSR count). The van der Waals surface area contributed by atoms with Gasteiger partial charge in [0.1, 0.15) is 11.5 Å². The molecule has 1 N–H and O–H groups in total. The van der Waals surface area contributed by atoms with Crippen LogP contribution < -0.4 is 10.1 Å². The van der Waals surface area contributed by atoms with E-state index in [1.807, 2.05) is 60.7 Å². The molecule has 3 aromatic rings. The fraction of sp³-hybridized carbons (Fsp3) is 0.269. The Kier molecular flexibility index (Phi) is 6.78. The Morgan fingerprint density at radius 1 is 0.933 bits per heavy atom. The van der Waals surface area contributed by atoms with E-state index in [-0.39, 0.29) is 11.9 Å². The average Bonchev–Trinajstić information content (AvgIpc) is 2.80. The van der Waals surface area contributed by atoms with Crippen molar-refractivity contribution in [1.29, 1.82) is 0 Å². The quantitative estimate of drug-likeness (QED) is 0.637. The van der Waals surface area contributed by atoms with Gasteiger partial charge in [-0.1, -0.05) is 66.7 Å². The molecule has 0 radical (unpaired) electrons. The maximum atomic E-state index is 13.1. The Bertz CT molecular complexity index is 944. The third kappa shape index (κ3) is 5.28. The van der Waals surface area contributed by atoms with Crippen LogP contribution in [0.25, 0.3) is 0 Å². The van der Waals surface area contributed by atoms with Gasteiger partial charge >= 0.3 is 0 Å². The Balaban J connectivity index is 1.40. The fourth-order valence-corrected chi connectivity index (χ4v) is 3.97. The topological polar surface area (TPSA) is 41.6 Å². The molecule has 0 unspecified atom stereocenters. The molecule has 1 saturated heterocycles. The summed E-state index contributed by atoms with van der Waals surface area (Å²) in [6.07, 6.45) is 2.04. The number of carbonyl (C=O) groups is 1. The van der Waals surface area contributed by atoms with Gasteiger partial charge in [-0.2, -0.15) is 0 Å². The van der Waals surface area contributed by atoms with Crippen molar-refractivity contribution in [1.82, 2.24) is 10.2 Å². The van der Waals surface area contributed by atoms with Gasteiger partial charge in [0.25, 0.3) is 0 Å². The van der Waals surface area contributed by atoms with E-state index in [1.165, 1.54) is 5.56 Å². The van der Waals surface area contributed by atoms with Crippen molar-refractivity contribution >= 4 is 5.91 Å². The highest BCUT2D eigenvalue weighted by atomic mass is 16.5. The van der Waals surface area contributed by atoms with E-state index >= 15 is 0 Å². The molecule has 0 aromatic heterocycles. The van der Waals surface area contributed by atoms with E-state index in [4.69, 9.17) is 4.74 Å². The number of piperazine rings is 1. The summed E-state index contributed by atoms with van der Waals surface area (Å²) in [7, 11) is 0. The molecule has 1 amide bonds. The molecule has 30 heavy (non-hydrogen) atoms.